The van der Waals surface area contributed by atoms with Gasteiger partial charge in [0.05, 0.1) is 13.2 Å². The number of carbonyl (C=O) groups is 1. The Hall–Kier alpha value is -3.46. The van der Waals surface area contributed by atoms with E-state index in [9.17, 15) is 9.90 Å². The van der Waals surface area contributed by atoms with E-state index in [1.807, 2.05) is 32.0 Å². The van der Waals surface area contributed by atoms with Gasteiger partial charge < -0.3 is 24.8 Å². The number of rotatable bonds is 11. The van der Waals surface area contributed by atoms with Crippen LogP contribution < -0.4 is 15.2 Å². The molecule has 9 nitrogen and oxygen atoms in total. The van der Waals surface area contributed by atoms with Crippen LogP contribution in [0.4, 0.5) is 0 Å². The molecule has 1 atom stereocenters. The summed E-state index contributed by atoms with van der Waals surface area (Å²) in [4.78, 5) is 20.1. The second-order valence-electron chi connectivity index (χ2n) is 8.81. The summed E-state index contributed by atoms with van der Waals surface area (Å²) in [6, 6.07) is 7.49. The Morgan fingerprint density at radius 1 is 1.15 bits per heavy atom. The van der Waals surface area contributed by atoms with Crippen molar-refractivity contribution in [2.75, 3.05) is 13.7 Å². The molecule has 0 aliphatic heterocycles. The molecule has 0 aliphatic carbocycles. The number of benzene rings is 1. The van der Waals surface area contributed by atoms with Gasteiger partial charge in [0.15, 0.2) is 0 Å². The Bertz CT molecular complexity index is 1120. The van der Waals surface area contributed by atoms with Crippen molar-refractivity contribution in [2.45, 2.75) is 53.1 Å². The summed E-state index contributed by atoms with van der Waals surface area (Å²) in [6.45, 7) is 8.15. The minimum atomic E-state index is -0.776. The normalized spacial score (nSPS) is 12.1. The lowest BCUT2D eigenvalue weighted by atomic mass is 10.1. The molecule has 9 heteroatoms. The Morgan fingerprint density at radius 2 is 1.85 bits per heavy atom. The first-order valence-corrected chi connectivity index (χ1v) is 11.3. The minimum Gasteiger partial charge on any atom is -0.497 e. The fourth-order valence-corrected chi connectivity index (χ4v) is 3.63. The number of aliphatic hydroxyl groups is 1. The molecule has 0 saturated carbocycles. The van der Waals surface area contributed by atoms with E-state index in [1.54, 1.807) is 13.2 Å². The summed E-state index contributed by atoms with van der Waals surface area (Å²) in [5.74, 6) is 2.10. The third-order valence-electron chi connectivity index (χ3n) is 5.21. The lowest BCUT2D eigenvalue weighted by molar-refractivity contribution is -0.118. The molecule has 3 rings (SSSR count). The number of primary amides is 1. The van der Waals surface area contributed by atoms with Gasteiger partial charge in [-0.2, -0.15) is 4.98 Å². The van der Waals surface area contributed by atoms with E-state index >= 15 is 0 Å². The number of ether oxygens (including phenoxy) is 2. The van der Waals surface area contributed by atoms with Crippen molar-refractivity contribution >= 4 is 5.91 Å². The first-order valence-electron chi connectivity index (χ1n) is 11.3. The van der Waals surface area contributed by atoms with Gasteiger partial charge in [-0.25, -0.2) is 4.98 Å². The molecule has 0 unspecified atom stereocenters. The van der Waals surface area contributed by atoms with E-state index in [2.05, 4.69) is 29.0 Å². The lowest BCUT2D eigenvalue weighted by Crippen LogP contribution is -2.21. The van der Waals surface area contributed by atoms with Crippen LogP contribution in [-0.4, -0.2) is 46.0 Å². The number of nitrogens with zero attached hydrogens (tertiary/aromatic N) is 3. The Labute approximate surface area is 199 Å². The fraction of sp³-hybridized carbons (Fsp3) is 0.440. The molecule has 2 heterocycles. The number of aryl methyl sites for hydroxylation is 2. The topological polar surface area (TPSA) is 134 Å². The van der Waals surface area contributed by atoms with Gasteiger partial charge in [0.1, 0.15) is 23.8 Å². The van der Waals surface area contributed by atoms with Gasteiger partial charge in [-0.1, -0.05) is 19.0 Å². The first-order chi connectivity index (χ1) is 16.2. The average molecular weight is 469 g/mol. The summed E-state index contributed by atoms with van der Waals surface area (Å²) >= 11 is 0. The summed E-state index contributed by atoms with van der Waals surface area (Å²) < 4.78 is 16.7. The molecule has 0 radical (unpaired) electrons. The van der Waals surface area contributed by atoms with E-state index in [1.165, 1.54) is 0 Å². The highest BCUT2D eigenvalue weighted by Crippen LogP contribution is 2.31. The quantitative estimate of drug-likeness (QED) is 0.436. The van der Waals surface area contributed by atoms with Crippen LogP contribution in [0.1, 0.15) is 43.5 Å². The van der Waals surface area contributed by atoms with Crippen molar-refractivity contribution in [2.24, 2.45) is 11.7 Å². The molecule has 3 aromatic rings. The second-order valence-corrected chi connectivity index (χ2v) is 8.81. The second kappa shape index (κ2) is 11.1. The molecule has 0 fully saturated rings. The van der Waals surface area contributed by atoms with Crippen LogP contribution in [0, 0.1) is 19.8 Å². The van der Waals surface area contributed by atoms with Crippen LogP contribution in [0.2, 0.25) is 0 Å². The third-order valence-corrected chi connectivity index (χ3v) is 5.21. The molecule has 34 heavy (non-hydrogen) atoms. The maximum absolute atomic E-state index is 10.9. The molecule has 2 aromatic heterocycles. The maximum Gasteiger partial charge on any atom is 0.276 e. The zero-order chi connectivity index (χ0) is 24.8. The van der Waals surface area contributed by atoms with Gasteiger partial charge >= 0.3 is 0 Å². The molecule has 0 bridgehead atoms. The van der Waals surface area contributed by atoms with E-state index in [-0.39, 0.29) is 19.4 Å². The molecule has 1 amide bonds. The fourth-order valence-electron chi connectivity index (χ4n) is 3.63. The zero-order valence-electron chi connectivity index (χ0n) is 20.3. The van der Waals surface area contributed by atoms with Crippen molar-refractivity contribution in [3.63, 3.8) is 0 Å². The Kier molecular flexibility index (Phi) is 8.22. The Morgan fingerprint density at radius 3 is 2.47 bits per heavy atom. The molecule has 0 spiro atoms. The van der Waals surface area contributed by atoms with Gasteiger partial charge in [0.2, 0.25) is 11.7 Å². The summed E-state index contributed by atoms with van der Waals surface area (Å²) in [5, 5.41) is 14.2. The van der Waals surface area contributed by atoms with Gasteiger partial charge in [0, 0.05) is 29.8 Å². The predicted molar refractivity (Wildman–Crippen MR) is 127 cm³/mol. The van der Waals surface area contributed by atoms with E-state index in [4.69, 9.17) is 19.7 Å². The highest BCUT2D eigenvalue weighted by atomic mass is 16.5. The molecule has 3 N–H and O–H groups in total. The van der Waals surface area contributed by atoms with Crippen molar-refractivity contribution in [3.05, 3.63) is 41.1 Å². The van der Waals surface area contributed by atoms with Gasteiger partial charge in [-0.05, 0) is 55.9 Å². The number of nitrogens with two attached hydrogens (primary N) is 1. The van der Waals surface area contributed by atoms with Crippen LogP contribution >= 0.6 is 0 Å². The van der Waals surface area contributed by atoms with E-state index < -0.39 is 12.0 Å². The van der Waals surface area contributed by atoms with Crippen molar-refractivity contribution in [3.8, 4) is 34.5 Å². The molecule has 182 valence electrons. The molecule has 0 aliphatic rings. The van der Waals surface area contributed by atoms with Crippen LogP contribution in [0.3, 0.4) is 0 Å². The van der Waals surface area contributed by atoms with E-state index in [0.29, 0.717) is 34.8 Å². The third kappa shape index (κ3) is 6.54. The van der Waals surface area contributed by atoms with Crippen molar-refractivity contribution < 1.29 is 23.9 Å². The van der Waals surface area contributed by atoms with Gasteiger partial charge in [-0.3, -0.25) is 4.79 Å². The number of carbonyl (C=O) groups excluding carboxylic acids is 1. The lowest BCUT2D eigenvalue weighted by Gasteiger charge is -2.16. The van der Waals surface area contributed by atoms with Crippen LogP contribution in [0.15, 0.2) is 28.8 Å². The predicted octanol–water partition coefficient (Wildman–Crippen LogP) is 3.63. The molecular formula is C25H32N4O5. The monoisotopic (exact) mass is 468 g/mol. The largest absolute Gasteiger partial charge is 0.497 e. The van der Waals surface area contributed by atoms with Crippen LogP contribution in [0.25, 0.3) is 23.0 Å². The number of methoxy groups -OCH3 is 1. The van der Waals surface area contributed by atoms with Crippen molar-refractivity contribution in [1.29, 1.82) is 0 Å². The number of hydrogen-bond acceptors (Lipinski definition) is 8. The summed E-state index contributed by atoms with van der Waals surface area (Å²) in [6.07, 6.45) is 0.404. The highest BCUT2D eigenvalue weighted by molar-refractivity contribution is 5.73. The maximum atomic E-state index is 10.9. The van der Waals surface area contributed by atoms with Gasteiger partial charge in [-0.15, -0.1) is 0 Å². The number of hydrogen-bond donors (Lipinski definition) is 2. The molecular weight excluding hydrogens is 436 g/mol. The molecule has 1 aromatic carbocycles. The molecule has 0 saturated heterocycles. The average Bonchev–Trinajstić information content (AvgIpc) is 3.26. The van der Waals surface area contributed by atoms with Gasteiger partial charge in [0.25, 0.3) is 5.89 Å². The highest BCUT2D eigenvalue weighted by Gasteiger charge is 2.17. The van der Waals surface area contributed by atoms with Crippen molar-refractivity contribution in [1.82, 2.24) is 15.1 Å². The Balaban J connectivity index is 1.80. The number of aliphatic hydroxyl groups excluding tert-OH is 1. The number of amides is 1. The SMILES string of the molecule is COc1cc(CC(C)C)nc(-c2nc(-c3cc(C)c(OC[C@H](O)CCC(N)=O)c(C)c3)no2)c1. The smallest absolute Gasteiger partial charge is 0.276 e. The summed E-state index contributed by atoms with van der Waals surface area (Å²) in [7, 11) is 1.61. The summed E-state index contributed by atoms with van der Waals surface area (Å²) in [5.41, 5.74) is 9.09. The van der Waals surface area contributed by atoms with Crippen LogP contribution in [-0.2, 0) is 11.2 Å². The van der Waals surface area contributed by atoms with E-state index in [0.717, 1.165) is 28.8 Å². The number of aromatic nitrogens is 3. The number of pyridine rings is 1. The minimum absolute atomic E-state index is 0.0703. The zero-order valence-corrected chi connectivity index (χ0v) is 20.3. The first kappa shape index (κ1) is 25.2. The van der Waals surface area contributed by atoms with Crippen LogP contribution in [0.5, 0.6) is 11.5 Å². The standard InChI is InChI=1S/C25H32N4O5/c1-14(2)8-18-11-20(32-5)12-21(27-18)25-28-24(29-34-25)17-9-15(3)23(16(4)10-17)33-13-19(30)6-7-22(26)31/h9-12,14,19,30H,6-8,13H2,1-5H3,(H2,26,31)/t19-/m1/s1.